The molecule has 0 fully saturated rings. The van der Waals surface area contributed by atoms with Crippen molar-refractivity contribution in [3.63, 3.8) is 0 Å². The van der Waals surface area contributed by atoms with Gasteiger partial charge in [0.15, 0.2) is 0 Å². The molecule has 0 spiro atoms. The molecule has 3 nitrogen and oxygen atoms in total. The van der Waals surface area contributed by atoms with Gasteiger partial charge >= 0.3 is 0 Å². The van der Waals surface area contributed by atoms with Crippen molar-refractivity contribution in [2.75, 3.05) is 26.2 Å². The number of aromatic amines is 1. The Morgan fingerprint density at radius 1 is 1.37 bits per heavy atom. The molecule has 1 aliphatic heterocycles. The highest BCUT2D eigenvalue weighted by Gasteiger charge is 2.15. The number of aromatic nitrogens is 1. The molecule has 0 saturated carbocycles. The van der Waals surface area contributed by atoms with E-state index in [0.717, 1.165) is 32.6 Å². The van der Waals surface area contributed by atoms with Crippen molar-refractivity contribution in [2.24, 2.45) is 5.73 Å². The van der Waals surface area contributed by atoms with Crippen molar-refractivity contribution in [3.05, 3.63) is 41.6 Å². The van der Waals surface area contributed by atoms with Crippen LogP contribution in [0.5, 0.6) is 0 Å². The lowest BCUT2D eigenvalue weighted by Gasteiger charge is -2.25. The summed E-state index contributed by atoms with van der Waals surface area (Å²) in [5.41, 5.74) is 11.0. The second-order valence-corrected chi connectivity index (χ2v) is 5.27. The van der Waals surface area contributed by atoms with Gasteiger partial charge in [0.2, 0.25) is 0 Å². The molecule has 0 bridgehead atoms. The number of fused-ring (bicyclic) bond motifs is 1. The molecule has 0 amide bonds. The van der Waals surface area contributed by atoms with Gasteiger partial charge in [-0.05, 0) is 24.5 Å². The van der Waals surface area contributed by atoms with Gasteiger partial charge in [-0.25, -0.2) is 0 Å². The minimum atomic E-state index is 0.745. The van der Waals surface area contributed by atoms with Crippen LogP contribution in [-0.4, -0.2) is 36.1 Å². The molecule has 3 rings (SSSR count). The summed E-state index contributed by atoms with van der Waals surface area (Å²) in [6, 6.07) is 6.50. The summed E-state index contributed by atoms with van der Waals surface area (Å²) >= 11 is 0. The number of benzene rings is 1. The zero-order chi connectivity index (χ0) is 13.2. The predicted octanol–water partition coefficient (Wildman–Crippen LogP) is 2.52. The zero-order valence-electron chi connectivity index (χ0n) is 11.4. The van der Waals surface area contributed by atoms with Crippen molar-refractivity contribution < 1.29 is 0 Å². The quantitative estimate of drug-likeness (QED) is 0.885. The van der Waals surface area contributed by atoms with Crippen LogP contribution >= 0.6 is 0 Å². The van der Waals surface area contributed by atoms with E-state index in [0.29, 0.717) is 0 Å². The first-order chi connectivity index (χ1) is 9.29. The first-order valence-corrected chi connectivity index (χ1v) is 6.98. The molecule has 0 aliphatic carbocycles. The van der Waals surface area contributed by atoms with Gasteiger partial charge in [0, 0.05) is 48.8 Å². The fraction of sp³-hybridized carbons (Fsp3) is 0.375. The highest BCUT2D eigenvalue weighted by atomic mass is 15.1. The lowest BCUT2D eigenvalue weighted by molar-refractivity contribution is 0.310. The van der Waals surface area contributed by atoms with Crippen LogP contribution in [0.2, 0.25) is 0 Å². The highest BCUT2D eigenvalue weighted by molar-refractivity contribution is 5.94. The van der Waals surface area contributed by atoms with E-state index >= 15 is 0 Å². The number of hydrogen-bond donors (Lipinski definition) is 2. The number of nitrogens with one attached hydrogen (secondary N) is 1. The summed E-state index contributed by atoms with van der Waals surface area (Å²) in [5, 5.41) is 1.35. The predicted molar refractivity (Wildman–Crippen MR) is 81.1 cm³/mol. The molecule has 0 unspecified atom stereocenters. The van der Waals surface area contributed by atoms with Gasteiger partial charge in [-0.15, -0.1) is 0 Å². The molecule has 2 aromatic rings. The number of hydrogen-bond acceptors (Lipinski definition) is 2. The van der Waals surface area contributed by atoms with Gasteiger partial charge in [-0.2, -0.15) is 0 Å². The molecular weight excluding hydrogens is 234 g/mol. The normalized spacial score (nSPS) is 16.8. The van der Waals surface area contributed by atoms with Crippen molar-refractivity contribution in [1.29, 1.82) is 0 Å². The molecule has 3 N–H and O–H groups in total. The smallest absolute Gasteiger partial charge is 0.0489 e. The first-order valence-electron chi connectivity index (χ1n) is 6.98. The zero-order valence-corrected chi connectivity index (χ0v) is 11.4. The molecule has 1 aromatic carbocycles. The second-order valence-electron chi connectivity index (χ2n) is 5.27. The van der Waals surface area contributed by atoms with Crippen molar-refractivity contribution in [2.45, 2.75) is 13.3 Å². The Morgan fingerprint density at radius 2 is 2.26 bits per heavy atom. The molecule has 0 saturated heterocycles. The third kappa shape index (κ3) is 2.31. The fourth-order valence-corrected chi connectivity index (χ4v) is 2.91. The van der Waals surface area contributed by atoms with Crippen LogP contribution in [0.1, 0.15) is 17.5 Å². The second kappa shape index (κ2) is 5.19. The van der Waals surface area contributed by atoms with Crippen LogP contribution in [0.4, 0.5) is 0 Å². The van der Waals surface area contributed by atoms with E-state index in [1.165, 1.54) is 27.6 Å². The molecule has 0 radical (unpaired) electrons. The first kappa shape index (κ1) is 12.5. The lowest BCUT2D eigenvalue weighted by atomic mass is 9.98. The van der Waals surface area contributed by atoms with E-state index < -0.39 is 0 Å². The molecule has 1 aliphatic rings. The number of nitrogens with two attached hydrogens (primary N) is 1. The number of para-hydroxylation sites is 1. The van der Waals surface area contributed by atoms with Crippen LogP contribution in [0.15, 0.2) is 30.5 Å². The van der Waals surface area contributed by atoms with Gasteiger partial charge in [-0.1, -0.05) is 24.3 Å². The Morgan fingerprint density at radius 3 is 3.00 bits per heavy atom. The minimum absolute atomic E-state index is 0.745. The number of aryl methyl sites for hydroxylation is 1. The lowest BCUT2D eigenvalue weighted by Crippen LogP contribution is -2.33. The molecular formula is C16H21N3. The third-order valence-corrected chi connectivity index (χ3v) is 4.01. The SMILES string of the molecule is Cc1cccc2c(C3=CCN(CCN)CC3)c[nH]c12. The minimum Gasteiger partial charge on any atom is -0.360 e. The molecule has 3 heteroatoms. The number of rotatable bonds is 3. The average Bonchev–Trinajstić information content (AvgIpc) is 2.85. The Balaban J connectivity index is 1.91. The molecule has 2 heterocycles. The van der Waals surface area contributed by atoms with Gasteiger partial charge in [0.05, 0.1) is 0 Å². The van der Waals surface area contributed by atoms with Crippen molar-refractivity contribution in [1.82, 2.24) is 9.88 Å². The van der Waals surface area contributed by atoms with E-state index in [1.807, 2.05) is 0 Å². The summed E-state index contributed by atoms with van der Waals surface area (Å²) < 4.78 is 0. The maximum Gasteiger partial charge on any atom is 0.0489 e. The standard InChI is InChI=1S/C16H21N3/c1-12-3-2-4-14-15(11-18-16(12)14)13-5-8-19(9-6-13)10-7-17/h2-5,11,18H,6-10,17H2,1H3. The Hall–Kier alpha value is -1.58. The Bertz CT molecular complexity index is 609. The highest BCUT2D eigenvalue weighted by Crippen LogP contribution is 2.30. The molecule has 100 valence electrons. The van der Waals surface area contributed by atoms with Crippen LogP contribution in [0, 0.1) is 6.92 Å². The van der Waals surface area contributed by atoms with E-state index in [-0.39, 0.29) is 0 Å². The van der Waals surface area contributed by atoms with Crippen LogP contribution in [-0.2, 0) is 0 Å². The summed E-state index contributed by atoms with van der Waals surface area (Å²) in [4.78, 5) is 5.82. The maximum atomic E-state index is 5.61. The summed E-state index contributed by atoms with van der Waals surface area (Å²) in [5.74, 6) is 0. The maximum absolute atomic E-state index is 5.61. The van der Waals surface area contributed by atoms with Crippen LogP contribution in [0.3, 0.4) is 0 Å². The Kier molecular flexibility index (Phi) is 3.40. The largest absolute Gasteiger partial charge is 0.360 e. The van der Waals surface area contributed by atoms with Crippen LogP contribution < -0.4 is 5.73 Å². The van der Waals surface area contributed by atoms with E-state index in [4.69, 9.17) is 5.73 Å². The number of H-pyrrole nitrogens is 1. The van der Waals surface area contributed by atoms with Gasteiger partial charge in [-0.3, -0.25) is 4.90 Å². The average molecular weight is 255 g/mol. The third-order valence-electron chi connectivity index (χ3n) is 4.01. The molecule has 1 aromatic heterocycles. The molecule has 0 atom stereocenters. The van der Waals surface area contributed by atoms with Gasteiger partial charge in [0.25, 0.3) is 0 Å². The summed E-state index contributed by atoms with van der Waals surface area (Å²) in [6.45, 7) is 6.03. The Labute approximate surface area is 114 Å². The topological polar surface area (TPSA) is 45.0 Å². The fourth-order valence-electron chi connectivity index (χ4n) is 2.91. The van der Waals surface area contributed by atoms with Crippen molar-refractivity contribution >= 4 is 16.5 Å². The van der Waals surface area contributed by atoms with E-state index in [2.05, 4.69) is 47.3 Å². The van der Waals surface area contributed by atoms with E-state index in [9.17, 15) is 0 Å². The van der Waals surface area contributed by atoms with Gasteiger partial charge < -0.3 is 10.7 Å². The van der Waals surface area contributed by atoms with Gasteiger partial charge in [0.1, 0.15) is 0 Å². The monoisotopic (exact) mass is 255 g/mol. The number of nitrogens with zero attached hydrogens (tertiary/aromatic N) is 1. The van der Waals surface area contributed by atoms with Crippen LogP contribution in [0.25, 0.3) is 16.5 Å². The summed E-state index contributed by atoms with van der Waals surface area (Å²) in [7, 11) is 0. The summed E-state index contributed by atoms with van der Waals surface area (Å²) in [6.07, 6.45) is 5.62. The van der Waals surface area contributed by atoms with E-state index in [1.54, 1.807) is 0 Å². The van der Waals surface area contributed by atoms with Crippen molar-refractivity contribution in [3.8, 4) is 0 Å². The molecule has 19 heavy (non-hydrogen) atoms.